The van der Waals surface area contributed by atoms with E-state index < -0.39 is 6.04 Å². The van der Waals surface area contributed by atoms with Gasteiger partial charge in [0.2, 0.25) is 0 Å². The minimum absolute atomic E-state index is 0.00000739. The number of ether oxygens (including phenoxy) is 5. The monoisotopic (exact) mass is 706 g/mol. The van der Waals surface area contributed by atoms with Crippen molar-refractivity contribution in [2.24, 2.45) is 40.2 Å². The Labute approximate surface area is 300 Å². The van der Waals surface area contributed by atoms with Crippen LogP contribution < -0.4 is 11.1 Å². The van der Waals surface area contributed by atoms with E-state index >= 15 is 0 Å². The first kappa shape index (κ1) is 40.3. The van der Waals surface area contributed by atoms with Crippen LogP contribution in [0.4, 0.5) is 0 Å². The smallest absolute Gasteiger partial charge is 0.308 e. The van der Waals surface area contributed by atoms with Crippen LogP contribution in [-0.2, 0) is 33.3 Å². The maximum atomic E-state index is 12.6. The van der Waals surface area contributed by atoms with Crippen LogP contribution in [0.15, 0.2) is 23.4 Å². The Balaban J connectivity index is 0.962. The van der Waals surface area contributed by atoms with E-state index in [0.717, 1.165) is 67.1 Å². The van der Waals surface area contributed by atoms with Crippen LogP contribution in [0.3, 0.4) is 0 Å². The molecule has 4 rings (SSSR count). The highest BCUT2D eigenvalue weighted by Crippen LogP contribution is 2.66. The summed E-state index contributed by atoms with van der Waals surface area (Å²) in [7, 11) is 0. The highest BCUT2D eigenvalue weighted by Gasteiger charge is 2.57. The number of thioether (sulfide) groups is 1. The molecule has 0 heterocycles. The Bertz CT molecular complexity index is 1090. The summed E-state index contributed by atoms with van der Waals surface area (Å²) in [6.07, 6.45) is 16.5. The van der Waals surface area contributed by atoms with E-state index in [2.05, 4.69) is 45.2 Å². The number of fused-ring (bicyclic) bond motifs is 5. The number of hydrogen-bond acceptors (Lipinski definition) is 10. The van der Waals surface area contributed by atoms with E-state index in [1.165, 1.54) is 32.1 Å². The number of rotatable bonds is 23. The topological polar surface area (TPSA) is 118 Å². The van der Waals surface area contributed by atoms with Crippen molar-refractivity contribution in [2.75, 3.05) is 70.9 Å². The van der Waals surface area contributed by atoms with Gasteiger partial charge in [0.1, 0.15) is 12.4 Å². The van der Waals surface area contributed by atoms with Crippen molar-refractivity contribution in [1.29, 1.82) is 0 Å². The molecular formula is C39H66N2O7S. The van der Waals surface area contributed by atoms with Gasteiger partial charge in [-0.25, -0.2) is 0 Å². The zero-order chi connectivity index (χ0) is 35.1. The molecule has 4 aliphatic carbocycles. The van der Waals surface area contributed by atoms with Crippen molar-refractivity contribution in [1.82, 2.24) is 5.32 Å². The van der Waals surface area contributed by atoms with E-state index in [1.54, 1.807) is 17.3 Å². The molecule has 8 atom stereocenters. The lowest BCUT2D eigenvalue weighted by molar-refractivity contribution is -0.152. The summed E-state index contributed by atoms with van der Waals surface area (Å²) in [6.45, 7) is 14.3. The number of nitrogens with one attached hydrogen (secondary N) is 1. The minimum Gasteiger partial charge on any atom is -0.462 e. The molecule has 0 aromatic heterocycles. The average Bonchev–Trinajstić information content (AvgIpc) is 3.40. The van der Waals surface area contributed by atoms with Crippen molar-refractivity contribution in [3.63, 3.8) is 0 Å². The van der Waals surface area contributed by atoms with Crippen LogP contribution in [0.5, 0.6) is 0 Å². The standard InChI is InChI=1S/C39H66N2O7S/c1-5-6-32(28-49-27-31(40)26-42)41-16-18-45-20-22-47-24-23-46-21-19-44-17-13-37(43)48-33-11-14-39(4)30(25-33)8-9-34-35-10-7-29(2)38(35,3)15-12-36(34)39/h6,8,26,29,31,33-36,41H,5,7,9-25,27-28,40H2,1-4H3. The number of carbonyl (C=O) groups excluding carboxylic acids is 2. The molecule has 4 aliphatic rings. The Kier molecular flexibility index (Phi) is 16.9. The third kappa shape index (κ3) is 11.5. The van der Waals surface area contributed by atoms with Crippen LogP contribution in [0.1, 0.15) is 91.9 Å². The van der Waals surface area contributed by atoms with Crippen molar-refractivity contribution in [3.8, 4) is 0 Å². The molecular weight excluding hydrogens is 641 g/mol. The highest BCUT2D eigenvalue weighted by atomic mass is 32.2. The van der Waals surface area contributed by atoms with Gasteiger partial charge in [-0.15, -0.1) is 0 Å². The van der Waals surface area contributed by atoms with Gasteiger partial charge in [-0.3, -0.25) is 4.79 Å². The van der Waals surface area contributed by atoms with Gasteiger partial charge < -0.3 is 39.5 Å². The van der Waals surface area contributed by atoms with E-state index in [-0.39, 0.29) is 23.9 Å². The largest absolute Gasteiger partial charge is 0.462 e. The molecule has 0 amide bonds. The number of nitrogens with two attached hydrogens (primary N) is 1. The molecule has 0 aromatic rings. The van der Waals surface area contributed by atoms with E-state index in [0.29, 0.717) is 70.6 Å². The molecule has 0 spiro atoms. The number of hydrogen-bond donors (Lipinski definition) is 2. The second-order valence-electron chi connectivity index (χ2n) is 15.2. The molecule has 0 bridgehead atoms. The lowest BCUT2D eigenvalue weighted by atomic mass is 9.47. The Morgan fingerprint density at radius 1 is 0.980 bits per heavy atom. The summed E-state index contributed by atoms with van der Waals surface area (Å²) < 4.78 is 28.4. The highest BCUT2D eigenvalue weighted by molar-refractivity contribution is 7.99. The zero-order valence-corrected chi connectivity index (χ0v) is 31.7. The SMILES string of the molecule is CCC=C(CSCC(N)C=O)NCCOCCOCCOCCOCCC(=O)OC1CCC2(C)C(=CCC3C2CCC2(C)C(C)CCC32)C1. The summed E-state index contributed by atoms with van der Waals surface area (Å²) in [5, 5.41) is 3.39. The summed E-state index contributed by atoms with van der Waals surface area (Å²) in [5.41, 5.74) is 9.17. The molecule has 49 heavy (non-hydrogen) atoms. The van der Waals surface area contributed by atoms with Crippen molar-refractivity contribution in [3.05, 3.63) is 23.4 Å². The molecule has 3 saturated carbocycles. The maximum absolute atomic E-state index is 12.6. The van der Waals surface area contributed by atoms with Gasteiger partial charge in [0.25, 0.3) is 0 Å². The second-order valence-corrected chi connectivity index (χ2v) is 16.2. The van der Waals surface area contributed by atoms with Crippen LogP contribution in [0.2, 0.25) is 0 Å². The molecule has 280 valence electrons. The third-order valence-corrected chi connectivity index (χ3v) is 13.3. The molecule has 0 radical (unpaired) electrons. The first-order valence-electron chi connectivity index (χ1n) is 19.1. The number of aldehydes is 1. The fourth-order valence-electron chi connectivity index (χ4n) is 9.21. The summed E-state index contributed by atoms with van der Waals surface area (Å²) in [5.74, 6) is 4.64. The molecule has 0 aromatic carbocycles. The zero-order valence-electron chi connectivity index (χ0n) is 30.9. The predicted molar refractivity (Wildman–Crippen MR) is 196 cm³/mol. The number of carbonyl (C=O) groups is 2. The molecule has 3 fully saturated rings. The van der Waals surface area contributed by atoms with Gasteiger partial charge in [-0.2, -0.15) is 11.8 Å². The fraction of sp³-hybridized carbons (Fsp3) is 0.846. The van der Waals surface area contributed by atoms with Crippen LogP contribution in [-0.4, -0.2) is 95.3 Å². The summed E-state index contributed by atoms with van der Waals surface area (Å²) in [6, 6.07) is -0.409. The van der Waals surface area contributed by atoms with Gasteiger partial charge in [-0.1, -0.05) is 45.4 Å². The minimum atomic E-state index is -0.409. The van der Waals surface area contributed by atoms with Crippen molar-refractivity contribution < 1.29 is 33.3 Å². The Morgan fingerprint density at radius 2 is 1.67 bits per heavy atom. The average molecular weight is 707 g/mol. The van der Waals surface area contributed by atoms with Gasteiger partial charge in [0, 0.05) is 30.2 Å². The lowest BCUT2D eigenvalue weighted by Gasteiger charge is -2.58. The summed E-state index contributed by atoms with van der Waals surface area (Å²) in [4.78, 5) is 23.3. The van der Waals surface area contributed by atoms with Gasteiger partial charge >= 0.3 is 5.97 Å². The second kappa shape index (κ2) is 20.6. The Hall–Kier alpha value is -1.43. The van der Waals surface area contributed by atoms with E-state index in [1.807, 2.05) is 0 Å². The number of allylic oxidation sites excluding steroid dienone is 2. The van der Waals surface area contributed by atoms with Crippen LogP contribution in [0, 0.1) is 34.5 Å². The number of esters is 1. The first-order valence-corrected chi connectivity index (χ1v) is 20.3. The third-order valence-electron chi connectivity index (χ3n) is 12.2. The van der Waals surface area contributed by atoms with Gasteiger partial charge in [-0.05, 0) is 85.9 Å². The quantitative estimate of drug-likeness (QED) is 0.0559. The fourth-order valence-corrected chi connectivity index (χ4v) is 10.1. The Morgan fingerprint density at radius 3 is 2.37 bits per heavy atom. The summed E-state index contributed by atoms with van der Waals surface area (Å²) >= 11 is 1.65. The molecule has 0 saturated heterocycles. The van der Waals surface area contributed by atoms with Crippen molar-refractivity contribution >= 4 is 24.0 Å². The molecule has 9 nitrogen and oxygen atoms in total. The lowest BCUT2D eigenvalue weighted by Crippen LogP contribution is -2.50. The van der Waals surface area contributed by atoms with Crippen LogP contribution >= 0.6 is 11.8 Å². The van der Waals surface area contributed by atoms with Crippen molar-refractivity contribution in [2.45, 2.75) is 104 Å². The van der Waals surface area contributed by atoms with Crippen LogP contribution in [0.25, 0.3) is 0 Å². The first-order chi connectivity index (χ1) is 23.7. The normalized spacial score (nSPS) is 31.7. The predicted octanol–water partition coefficient (Wildman–Crippen LogP) is 6.10. The molecule has 8 unspecified atom stereocenters. The van der Waals surface area contributed by atoms with E-state index in [4.69, 9.17) is 29.4 Å². The van der Waals surface area contributed by atoms with Gasteiger partial charge in [0.05, 0.1) is 65.3 Å². The molecule has 3 N–H and O–H groups in total. The maximum Gasteiger partial charge on any atom is 0.308 e. The van der Waals surface area contributed by atoms with E-state index in [9.17, 15) is 9.59 Å². The van der Waals surface area contributed by atoms with Gasteiger partial charge in [0.15, 0.2) is 0 Å². The molecule has 10 heteroatoms. The molecule has 0 aliphatic heterocycles.